The maximum absolute atomic E-state index is 12.2. The van der Waals surface area contributed by atoms with E-state index in [4.69, 9.17) is 9.84 Å². The van der Waals surface area contributed by atoms with Crippen LogP contribution in [0.2, 0.25) is 0 Å². The first kappa shape index (κ1) is 14.8. The number of ether oxygens (including phenoxy) is 1. The van der Waals surface area contributed by atoms with Gasteiger partial charge in [-0.05, 0) is 30.5 Å². The van der Waals surface area contributed by atoms with Gasteiger partial charge in [-0.1, -0.05) is 13.0 Å². The van der Waals surface area contributed by atoms with Gasteiger partial charge in [-0.3, -0.25) is 4.79 Å². The molecule has 7 heteroatoms. The number of hydrogen-bond acceptors (Lipinski definition) is 4. The van der Waals surface area contributed by atoms with Crippen molar-refractivity contribution >= 4 is 16.0 Å². The van der Waals surface area contributed by atoms with Crippen molar-refractivity contribution in [3.05, 3.63) is 23.3 Å². The second-order valence-corrected chi connectivity index (χ2v) is 6.54. The molecule has 1 unspecified atom stereocenters. The number of aryl methyl sites for hydroxylation is 1. The van der Waals surface area contributed by atoms with Gasteiger partial charge in [0.2, 0.25) is 10.0 Å². The highest BCUT2D eigenvalue weighted by molar-refractivity contribution is 7.89. The standard InChI is InChI=1S/C13H17NO5S/c1-3-14-20(17,18)11-5-8(2)4-9-6-10(13(15)16)7-19-12(9)11/h4-5,10,14H,3,6-7H2,1-2H3,(H,15,16). The molecule has 1 aliphatic heterocycles. The van der Waals surface area contributed by atoms with E-state index in [1.165, 1.54) is 6.07 Å². The Bertz CT molecular complexity index is 638. The van der Waals surface area contributed by atoms with E-state index < -0.39 is 21.9 Å². The van der Waals surface area contributed by atoms with Crippen molar-refractivity contribution in [1.82, 2.24) is 4.72 Å². The minimum Gasteiger partial charge on any atom is -0.491 e. The number of carboxylic acid groups (broad SMARTS) is 1. The quantitative estimate of drug-likeness (QED) is 0.862. The number of carbonyl (C=O) groups is 1. The summed E-state index contributed by atoms with van der Waals surface area (Å²) in [7, 11) is -3.63. The third kappa shape index (κ3) is 2.78. The number of sulfonamides is 1. The molecule has 0 saturated carbocycles. The average Bonchev–Trinajstić information content (AvgIpc) is 2.36. The molecule has 0 radical (unpaired) electrons. The van der Waals surface area contributed by atoms with E-state index in [9.17, 15) is 13.2 Å². The lowest BCUT2D eigenvalue weighted by molar-refractivity contribution is -0.143. The molecule has 1 aliphatic rings. The van der Waals surface area contributed by atoms with Gasteiger partial charge in [0, 0.05) is 6.54 Å². The lowest BCUT2D eigenvalue weighted by atomic mass is 9.95. The minimum absolute atomic E-state index is 0.0138. The number of aliphatic carboxylic acids is 1. The number of nitrogens with one attached hydrogen (secondary N) is 1. The Labute approximate surface area is 117 Å². The molecule has 2 rings (SSSR count). The van der Waals surface area contributed by atoms with Gasteiger partial charge < -0.3 is 9.84 Å². The van der Waals surface area contributed by atoms with Gasteiger partial charge >= 0.3 is 5.97 Å². The Morgan fingerprint density at radius 1 is 1.50 bits per heavy atom. The Kier molecular flexibility index (Phi) is 4.01. The molecule has 0 bridgehead atoms. The van der Waals surface area contributed by atoms with Crippen LogP contribution in [0.5, 0.6) is 5.75 Å². The van der Waals surface area contributed by atoms with Crippen molar-refractivity contribution < 1.29 is 23.1 Å². The molecule has 20 heavy (non-hydrogen) atoms. The Hall–Kier alpha value is -1.60. The molecule has 0 aromatic heterocycles. The lowest BCUT2D eigenvalue weighted by Gasteiger charge is -2.25. The molecule has 1 atom stereocenters. The van der Waals surface area contributed by atoms with Gasteiger partial charge in [-0.15, -0.1) is 0 Å². The fourth-order valence-electron chi connectivity index (χ4n) is 2.26. The van der Waals surface area contributed by atoms with Crippen LogP contribution < -0.4 is 9.46 Å². The van der Waals surface area contributed by atoms with Crippen molar-refractivity contribution in [3.8, 4) is 5.75 Å². The first-order valence-corrected chi connectivity index (χ1v) is 7.82. The highest BCUT2D eigenvalue weighted by Crippen LogP contribution is 2.35. The molecule has 0 fully saturated rings. The van der Waals surface area contributed by atoms with Crippen LogP contribution in [0.4, 0.5) is 0 Å². The highest BCUT2D eigenvalue weighted by atomic mass is 32.2. The molecule has 0 amide bonds. The van der Waals surface area contributed by atoms with Gasteiger partial charge in [0.15, 0.2) is 0 Å². The van der Waals surface area contributed by atoms with Gasteiger partial charge in [0.05, 0.1) is 5.92 Å². The van der Waals surface area contributed by atoms with Gasteiger partial charge in [0.1, 0.15) is 17.3 Å². The number of carboxylic acids is 1. The summed E-state index contributed by atoms with van der Waals surface area (Å²) in [5, 5.41) is 9.04. The molecule has 0 saturated heterocycles. The molecule has 6 nitrogen and oxygen atoms in total. The second-order valence-electron chi connectivity index (χ2n) is 4.80. The zero-order chi connectivity index (χ0) is 14.9. The van der Waals surface area contributed by atoms with Gasteiger partial charge in [-0.2, -0.15) is 0 Å². The zero-order valence-corrected chi connectivity index (χ0v) is 12.2. The van der Waals surface area contributed by atoms with Gasteiger partial charge in [0.25, 0.3) is 0 Å². The lowest BCUT2D eigenvalue weighted by Crippen LogP contribution is -2.30. The molecule has 1 aromatic carbocycles. The fraction of sp³-hybridized carbons (Fsp3) is 0.462. The summed E-state index contributed by atoms with van der Waals surface area (Å²) < 4.78 is 32.2. The number of benzene rings is 1. The van der Waals surface area contributed by atoms with Crippen molar-refractivity contribution in [2.75, 3.05) is 13.2 Å². The summed E-state index contributed by atoms with van der Waals surface area (Å²) in [4.78, 5) is 11.1. The van der Waals surface area contributed by atoms with Crippen LogP contribution in [-0.4, -0.2) is 32.6 Å². The highest BCUT2D eigenvalue weighted by Gasteiger charge is 2.30. The topological polar surface area (TPSA) is 92.7 Å². The van der Waals surface area contributed by atoms with Gasteiger partial charge in [-0.25, -0.2) is 13.1 Å². The number of fused-ring (bicyclic) bond motifs is 1. The monoisotopic (exact) mass is 299 g/mol. The molecular formula is C13H17NO5S. The maximum atomic E-state index is 12.2. The van der Waals surface area contributed by atoms with Crippen LogP contribution in [0.1, 0.15) is 18.1 Å². The summed E-state index contributed by atoms with van der Waals surface area (Å²) in [6, 6.07) is 3.31. The van der Waals surface area contributed by atoms with E-state index in [2.05, 4.69) is 4.72 Å². The third-order valence-electron chi connectivity index (χ3n) is 3.14. The number of hydrogen-bond donors (Lipinski definition) is 2. The van der Waals surface area contributed by atoms with Crippen LogP contribution >= 0.6 is 0 Å². The first-order valence-electron chi connectivity index (χ1n) is 6.34. The average molecular weight is 299 g/mol. The predicted octanol–water partition coefficient (Wildman–Crippen LogP) is 0.929. The maximum Gasteiger partial charge on any atom is 0.310 e. The van der Waals surface area contributed by atoms with Crippen molar-refractivity contribution in [3.63, 3.8) is 0 Å². The predicted molar refractivity (Wildman–Crippen MR) is 72.4 cm³/mol. The summed E-state index contributed by atoms with van der Waals surface area (Å²) >= 11 is 0. The largest absolute Gasteiger partial charge is 0.491 e. The smallest absolute Gasteiger partial charge is 0.310 e. The molecular weight excluding hydrogens is 282 g/mol. The number of rotatable bonds is 4. The van der Waals surface area contributed by atoms with Crippen LogP contribution in [0.25, 0.3) is 0 Å². The van der Waals surface area contributed by atoms with Crippen molar-refractivity contribution in [1.29, 1.82) is 0 Å². The van der Waals surface area contributed by atoms with E-state index in [0.29, 0.717) is 5.56 Å². The van der Waals surface area contributed by atoms with Crippen LogP contribution in [0.3, 0.4) is 0 Å². The van der Waals surface area contributed by atoms with E-state index in [1.54, 1.807) is 19.9 Å². The van der Waals surface area contributed by atoms with E-state index in [1.807, 2.05) is 0 Å². The molecule has 2 N–H and O–H groups in total. The van der Waals surface area contributed by atoms with E-state index in [-0.39, 0.29) is 30.2 Å². The SMILES string of the molecule is CCNS(=O)(=O)c1cc(C)cc2c1OCC(C(=O)O)C2. The normalized spacial score (nSPS) is 18.2. The summed E-state index contributed by atoms with van der Waals surface area (Å²) in [6.45, 7) is 3.74. The van der Waals surface area contributed by atoms with E-state index in [0.717, 1.165) is 5.56 Å². The zero-order valence-electron chi connectivity index (χ0n) is 11.3. The molecule has 0 aliphatic carbocycles. The van der Waals surface area contributed by atoms with Crippen LogP contribution in [0, 0.1) is 12.8 Å². The van der Waals surface area contributed by atoms with Crippen molar-refractivity contribution in [2.45, 2.75) is 25.2 Å². The Morgan fingerprint density at radius 2 is 2.20 bits per heavy atom. The molecule has 1 aromatic rings. The third-order valence-corrected chi connectivity index (χ3v) is 4.70. The first-order chi connectivity index (χ1) is 9.35. The summed E-state index contributed by atoms with van der Waals surface area (Å²) in [6.07, 6.45) is 0.279. The summed E-state index contributed by atoms with van der Waals surface area (Å²) in [5.41, 5.74) is 1.38. The van der Waals surface area contributed by atoms with Crippen LogP contribution in [-0.2, 0) is 21.2 Å². The molecule has 0 spiro atoms. The molecule has 1 heterocycles. The minimum atomic E-state index is -3.63. The Balaban J connectivity index is 2.50. The van der Waals surface area contributed by atoms with Crippen molar-refractivity contribution in [2.24, 2.45) is 5.92 Å². The van der Waals surface area contributed by atoms with E-state index >= 15 is 0 Å². The summed E-state index contributed by atoms with van der Waals surface area (Å²) in [5.74, 6) is -1.30. The van der Waals surface area contributed by atoms with Crippen LogP contribution in [0.15, 0.2) is 17.0 Å². The molecule has 110 valence electrons. The fourth-order valence-corrected chi connectivity index (χ4v) is 3.57. The second kappa shape index (κ2) is 5.41. The Morgan fingerprint density at radius 3 is 2.80 bits per heavy atom.